The summed E-state index contributed by atoms with van der Waals surface area (Å²) in [5.74, 6) is 4.95. The molecule has 0 radical (unpaired) electrons. The molecule has 478 valence electrons. The van der Waals surface area contributed by atoms with Crippen molar-refractivity contribution in [1.29, 1.82) is 0 Å². The third-order valence-corrected chi connectivity index (χ3v) is 23.0. The molecular weight excluding hydrogens is 1100 g/mol. The number of carbonyl (C=O) groups is 4. The second-order valence-corrected chi connectivity index (χ2v) is 37.0. The quantitative estimate of drug-likeness (QED) is 0.0187. The van der Waals surface area contributed by atoms with Crippen LogP contribution in [0.4, 0.5) is 0 Å². The Balaban J connectivity index is 0.000000484. The summed E-state index contributed by atoms with van der Waals surface area (Å²) in [4.78, 5) is 54.5. The van der Waals surface area contributed by atoms with Crippen LogP contribution in [0.5, 0.6) is 5.75 Å². The molecule has 3 aliphatic rings. The number of amides is 3. The number of unbranched alkanes of at least 4 members (excludes halogenated alkanes) is 10. The number of para-hydroxylation sites is 1. The normalized spacial score (nSPS) is 16.9. The van der Waals surface area contributed by atoms with E-state index in [1.165, 1.54) is 24.2 Å². The predicted octanol–water partition coefficient (Wildman–Crippen LogP) is 15.4. The number of nitrogens with one attached hydrogen (secondary N) is 2. The standard InChI is InChI=1S/C40H62N4O6Si.C27H51N3O3Si/c1-7-9-11-14-20-33(21-15-12-13-19-32(3)37(45)41-27-26-40(42-43-40)25-10-8-2)50-39(47)35-23-18-28-44(35)38(46)34-22-16-17-24-36(34)49-31-48-29-30-51(4,5)6;1-8-10-12-14-17-23(31)18-15-13-16-19-24(33-34(6,7)26(3,4)5)25(32)28-22-21-27(29-30-27)20-11-9-2/h2,16-18,22,24,28,32-33,35H,7,9-15,19-21,23,25-27,29-31H2,1,3-6H3,(H,41,45);2,23-24,31H,8,10-22H2,1,3-7H3,(H,28,32)/t32-,33-,35+;23-,24-/m11/s1. The lowest BCUT2D eigenvalue weighted by Crippen LogP contribution is -2.49. The number of aliphatic hydroxyl groups excluding tert-OH is 1. The van der Waals surface area contributed by atoms with Gasteiger partial charge in [-0.1, -0.05) is 156 Å². The Kier molecular flexibility index (Phi) is 34.4. The molecule has 0 bridgehead atoms. The minimum Gasteiger partial charge on any atom is -0.467 e. The molecule has 0 unspecified atom stereocenters. The van der Waals surface area contributed by atoms with Gasteiger partial charge >= 0.3 is 5.97 Å². The van der Waals surface area contributed by atoms with E-state index in [-0.39, 0.29) is 65.0 Å². The van der Waals surface area contributed by atoms with Gasteiger partial charge in [-0.25, -0.2) is 4.79 Å². The van der Waals surface area contributed by atoms with Crippen LogP contribution in [0.3, 0.4) is 0 Å². The van der Waals surface area contributed by atoms with E-state index in [4.69, 9.17) is 31.5 Å². The van der Waals surface area contributed by atoms with E-state index in [9.17, 15) is 24.3 Å². The smallest absolute Gasteiger partial charge is 0.329 e. The lowest BCUT2D eigenvalue weighted by molar-refractivity contribution is -0.154. The van der Waals surface area contributed by atoms with Crippen molar-refractivity contribution in [1.82, 2.24) is 15.5 Å². The second-order valence-electron chi connectivity index (χ2n) is 26.6. The summed E-state index contributed by atoms with van der Waals surface area (Å²) in [6.07, 6.45) is 37.6. The van der Waals surface area contributed by atoms with Gasteiger partial charge in [0.2, 0.25) is 11.8 Å². The van der Waals surface area contributed by atoms with Crippen molar-refractivity contribution in [3.8, 4) is 30.4 Å². The zero-order chi connectivity index (χ0) is 62.8. The van der Waals surface area contributed by atoms with Gasteiger partial charge in [0, 0.05) is 78.4 Å². The lowest BCUT2D eigenvalue weighted by atomic mass is 9.99. The third kappa shape index (κ3) is 30.2. The van der Waals surface area contributed by atoms with Crippen LogP contribution in [0.2, 0.25) is 43.8 Å². The summed E-state index contributed by atoms with van der Waals surface area (Å²) in [6.45, 7) is 25.9. The van der Waals surface area contributed by atoms with Gasteiger partial charge in [-0.05, 0) is 94.1 Å². The fourth-order valence-electron chi connectivity index (χ4n) is 9.83. The predicted molar refractivity (Wildman–Crippen MR) is 347 cm³/mol. The minimum absolute atomic E-state index is 0.0338. The molecule has 3 heterocycles. The fraction of sp³-hybridized carbons (Fsp3) is 0.761. The zero-order valence-electron chi connectivity index (χ0n) is 54.6. The number of hydrogen-bond acceptors (Lipinski definition) is 13. The van der Waals surface area contributed by atoms with Gasteiger partial charge in [0.15, 0.2) is 26.4 Å². The van der Waals surface area contributed by atoms with Gasteiger partial charge in [-0.15, -0.1) is 24.7 Å². The zero-order valence-corrected chi connectivity index (χ0v) is 56.6. The van der Waals surface area contributed by atoms with Gasteiger partial charge in [0.25, 0.3) is 5.91 Å². The first-order valence-corrected chi connectivity index (χ1v) is 39.2. The van der Waals surface area contributed by atoms with E-state index in [1.54, 1.807) is 24.4 Å². The number of terminal acetylenes is 2. The monoisotopic (exact) mass is 1220 g/mol. The topological polar surface area (TPSA) is 202 Å². The third-order valence-electron chi connectivity index (χ3n) is 16.8. The minimum atomic E-state index is -2.08. The SMILES string of the molecule is C#CCCC1(CCNC(=O)[C@@H](CCCCC[C@H](O)CCCCCC)O[Si](C)(C)C(C)(C)C)N=N1.C#CCCC1(CCNC(=O)[C@H](C)CCCCC[C@@H](CCCCCC)OC(=O)[C@@H]2CC=CN2C(=O)c2ccccc2OCOCC[Si](C)(C)C)N=N1. The van der Waals surface area contributed by atoms with Gasteiger partial charge in [0.1, 0.15) is 24.0 Å². The molecule has 16 nitrogen and oxygen atoms in total. The number of nitrogens with zero attached hydrogens (tertiary/aromatic N) is 5. The number of ether oxygens (including phenoxy) is 3. The average Bonchev–Trinajstić information content (AvgIpc) is 4.33. The summed E-state index contributed by atoms with van der Waals surface area (Å²) < 4.78 is 24.2. The lowest BCUT2D eigenvalue weighted by Gasteiger charge is -2.39. The molecule has 5 atom stereocenters. The van der Waals surface area contributed by atoms with Crippen LogP contribution in [-0.2, 0) is 28.3 Å². The summed E-state index contributed by atoms with van der Waals surface area (Å²) in [5.41, 5.74) is -0.385. The molecule has 1 aromatic rings. The maximum Gasteiger partial charge on any atom is 0.329 e. The molecule has 18 heteroatoms. The van der Waals surface area contributed by atoms with E-state index >= 15 is 0 Å². The van der Waals surface area contributed by atoms with Crippen LogP contribution in [0.15, 0.2) is 57.0 Å². The molecule has 3 amide bonds. The van der Waals surface area contributed by atoms with Gasteiger partial charge < -0.3 is 39.3 Å². The highest BCUT2D eigenvalue weighted by atomic mass is 28.4. The van der Waals surface area contributed by atoms with Crippen molar-refractivity contribution >= 4 is 40.1 Å². The number of carbonyl (C=O) groups excluding carboxylic acids is 4. The maximum atomic E-state index is 13.7. The van der Waals surface area contributed by atoms with Crippen LogP contribution < -0.4 is 15.4 Å². The number of aliphatic hydroxyl groups is 1. The van der Waals surface area contributed by atoms with E-state index in [2.05, 4.69) is 110 Å². The molecule has 0 saturated carbocycles. The van der Waals surface area contributed by atoms with Gasteiger partial charge in [-0.3, -0.25) is 14.4 Å². The molecule has 0 spiro atoms. The molecule has 3 N–H and O–H groups in total. The van der Waals surface area contributed by atoms with Gasteiger partial charge in [0.05, 0.1) is 11.7 Å². The molecule has 0 fully saturated rings. The van der Waals surface area contributed by atoms with Crippen molar-refractivity contribution in [2.24, 2.45) is 26.4 Å². The Morgan fingerprint density at radius 3 is 1.78 bits per heavy atom. The van der Waals surface area contributed by atoms with Crippen LogP contribution >= 0.6 is 0 Å². The largest absolute Gasteiger partial charge is 0.467 e. The Bertz CT molecular complexity index is 2310. The van der Waals surface area contributed by atoms with E-state index in [0.717, 1.165) is 122 Å². The first-order valence-electron chi connectivity index (χ1n) is 32.6. The maximum absolute atomic E-state index is 13.7. The van der Waals surface area contributed by atoms with E-state index in [1.807, 2.05) is 19.1 Å². The summed E-state index contributed by atoms with van der Waals surface area (Å²) in [6, 6.07) is 7.39. The first kappa shape index (κ1) is 74.5. The number of hydrogen-bond donors (Lipinski definition) is 3. The van der Waals surface area contributed by atoms with Gasteiger partial charge in [-0.2, -0.15) is 20.5 Å². The molecule has 0 aromatic heterocycles. The highest BCUT2D eigenvalue weighted by Crippen LogP contribution is 2.39. The summed E-state index contributed by atoms with van der Waals surface area (Å²) >= 11 is 0. The van der Waals surface area contributed by atoms with Crippen molar-refractivity contribution in [3.05, 3.63) is 42.1 Å². The average molecular weight is 1220 g/mol. The van der Waals surface area contributed by atoms with Crippen molar-refractivity contribution in [2.75, 3.05) is 26.5 Å². The summed E-state index contributed by atoms with van der Waals surface area (Å²) in [5, 5.41) is 32.9. The molecule has 3 aliphatic heterocycles. The Morgan fingerprint density at radius 2 is 1.25 bits per heavy atom. The van der Waals surface area contributed by atoms with E-state index in [0.29, 0.717) is 69.5 Å². The number of rotatable bonds is 45. The van der Waals surface area contributed by atoms with E-state index < -0.39 is 28.5 Å². The van der Waals surface area contributed by atoms with Crippen molar-refractivity contribution < 1.29 is 42.9 Å². The number of benzene rings is 1. The van der Waals surface area contributed by atoms with Crippen LogP contribution in [0.1, 0.15) is 225 Å². The first-order chi connectivity index (χ1) is 40.4. The summed E-state index contributed by atoms with van der Waals surface area (Å²) in [7, 11) is -3.30. The van der Waals surface area contributed by atoms with Crippen LogP contribution in [0, 0.1) is 30.6 Å². The molecule has 85 heavy (non-hydrogen) atoms. The Hall–Kier alpha value is -4.73. The molecule has 0 saturated heterocycles. The highest BCUT2D eigenvalue weighted by Gasteiger charge is 2.42. The Morgan fingerprint density at radius 1 is 0.729 bits per heavy atom. The molecule has 4 rings (SSSR count). The Labute approximate surface area is 516 Å². The fourth-order valence-corrected chi connectivity index (χ4v) is 11.9. The van der Waals surface area contributed by atoms with Crippen LogP contribution in [0.25, 0.3) is 0 Å². The van der Waals surface area contributed by atoms with Crippen LogP contribution in [-0.4, -0.2) is 112 Å². The molecule has 1 aromatic carbocycles. The highest BCUT2D eigenvalue weighted by molar-refractivity contribution is 6.76. The van der Waals surface area contributed by atoms with Crippen molar-refractivity contribution in [3.63, 3.8) is 0 Å². The molecular formula is C67H113N7O9Si2. The number of esters is 1. The second kappa shape index (κ2) is 39.2. The van der Waals surface area contributed by atoms with Crippen molar-refractivity contribution in [2.45, 2.75) is 294 Å². The molecule has 0 aliphatic carbocycles.